The Bertz CT molecular complexity index is 955. The molecule has 152 valence electrons. The van der Waals surface area contributed by atoms with Gasteiger partial charge in [0.15, 0.2) is 0 Å². The molecule has 0 unspecified atom stereocenters. The smallest absolute Gasteiger partial charge is 0.216 e. The summed E-state index contributed by atoms with van der Waals surface area (Å²) in [5.74, 6) is 1.22. The Kier molecular flexibility index (Phi) is 6.00. The van der Waals surface area contributed by atoms with E-state index in [2.05, 4.69) is 14.9 Å². The predicted molar refractivity (Wildman–Crippen MR) is 109 cm³/mol. The fourth-order valence-corrected chi connectivity index (χ4v) is 4.76. The molecule has 0 atom stereocenters. The lowest BCUT2D eigenvalue weighted by atomic mass is 10.0. The highest BCUT2D eigenvalue weighted by atomic mass is 32.2. The van der Waals surface area contributed by atoms with Gasteiger partial charge in [-0.25, -0.2) is 22.8 Å². The van der Waals surface area contributed by atoms with Gasteiger partial charge in [0.05, 0.1) is 5.25 Å². The number of anilines is 1. The molecule has 0 bridgehead atoms. The number of benzene rings is 1. The van der Waals surface area contributed by atoms with Gasteiger partial charge in [-0.15, -0.1) is 0 Å². The quantitative estimate of drug-likeness (QED) is 0.764. The summed E-state index contributed by atoms with van der Waals surface area (Å²) < 4.78 is 40.0. The van der Waals surface area contributed by atoms with Crippen molar-refractivity contribution in [3.63, 3.8) is 0 Å². The Morgan fingerprint density at radius 3 is 2.39 bits per heavy atom. The Morgan fingerprint density at radius 2 is 1.79 bits per heavy atom. The van der Waals surface area contributed by atoms with Crippen molar-refractivity contribution in [2.45, 2.75) is 39.4 Å². The summed E-state index contributed by atoms with van der Waals surface area (Å²) in [7, 11) is -3.25. The van der Waals surface area contributed by atoms with Gasteiger partial charge in [0, 0.05) is 43.9 Å². The van der Waals surface area contributed by atoms with E-state index in [1.54, 1.807) is 24.2 Å². The van der Waals surface area contributed by atoms with Crippen LogP contribution in [-0.2, 0) is 16.4 Å². The lowest BCUT2D eigenvalue weighted by Crippen LogP contribution is -2.51. The fourth-order valence-electron chi connectivity index (χ4n) is 3.49. The van der Waals surface area contributed by atoms with E-state index < -0.39 is 15.3 Å². The van der Waals surface area contributed by atoms with Crippen molar-refractivity contribution in [2.75, 3.05) is 31.1 Å². The van der Waals surface area contributed by atoms with E-state index in [1.165, 1.54) is 12.1 Å². The molecule has 6 nitrogen and oxygen atoms in total. The average molecular weight is 407 g/mol. The van der Waals surface area contributed by atoms with Crippen molar-refractivity contribution in [1.82, 2.24) is 14.3 Å². The number of rotatable bonds is 5. The van der Waals surface area contributed by atoms with Crippen LogP contribution in [0.3, 0.4) is 0 Å². The minimum atomic E-state index is -3.25. The van der Waals surface area contributed by atoms with E-state index in [4.69, 9.17) is 0 Å². The van der Waals surface area contributed by atoms with Gasteiger partial charge in [-0.05, 0) is 45.4 Å². The first-order valence-corrected chi connectivity index (χ1v) is 11.0. The van der Waals surface area contributed by atoms with Crippen LogP contribution in [0.5, 0.6) is 0 Å². The standard InChI is InChI=1S/C20H27FN4O2S/c1-14(2)28(26,27)25-10-8-24(9-11-25)20-19(15(3)22-16(4)23-20)13-17-6-5-7-18(21)12-17/h5-7,12,14H,8-11,13H2,1-4H3. The van der Waals surface area contributed by atoms with Crippen molar-refractivity contribution >= 4 is 15.8 Å². The molecule has 1 aliphatic heterocycles. The highest BCUT2D eigenvalue weighted by Gasteiger charge is 2.30. The highest BCUT2D eigenvalue weighted by molar-refractivity contribution is 7.89. The lowest BCUT2D eigenvalue weighted by Gasteiger charge is -2.36. The number of nitrogens with zero attached hydrogens (tertiary/aromatic N) is 4. The van der Waals surface area contributed by atoms with Crippen molar-refractivity contribution in [2.24, 2.45) is 0 Å². The molecule has 2 aromatic rings. The van der Waals surface area contributed by atoms with Crippen LogP contribution < -0.4 is 4.90 Å². The van der Waals surface area contributed by atoms with Gasteiger partial charge in [0.25, 0.3) is 0 Å². The summed E-state index contributed by atoms with van der Waals surface area (Å²) in [6, 6.07) is 6.54. The zero-order valence-corrected chi connectivity index (χ0v) is 17.6. The third-order valence-electron chi connectivity index (χ3n) is 5.07. The Morgan fingerprint density at radius 1 is 1.11 bits per heavy atom. The molecule has 2 heterocycles. The number of hydrogen-bond donors (Lipinski definition) is 0. The van der Waals surface area contributed by atoms with Crippen molar-refractivity contribution in [1.29, 1.82) is 0 Å². The topological polar surface area (TPSA) is 66.4 Å². The van der Waals surface area contributed by atoms with Crippen LogP contribution in [0, 0.1) is 19.7 Å². The maximum absolute atomic E-state index is 13.6. The predicted octanol–water partition coefficient (Wildman–Crippen LogP) is 2.68. The molecular formula is C20H27FN4O2S. The van der Waals surface area contributed by atoms with Crippen LogP contribution in [0.15, 0.2) is 24.3 Å². The maximum atomic E-state index is 13.6. The average Bonchev–Trinajstić information content (AvgIpc) is 2.64. The Labute approximate surface area is 166 Å². The number of hydrogen-bond acceptors (Lipinski definition) is 5. The molecule has 0 aliphatic carbocycles. The third kappa shape index (κ3) is 4.33. The van der Waals surface area contributed by atoms with Gasteiger partial charge in [-0.3, -0.25) is 0 Å². The van der Waals surface area contributed by atoms with Crippen molar-refractivity contribution < 1.29 is 12.8 Å². The summed E-state index contributed by atoms with van der Waals surface area (Å²) in [5, 5.41) is -0.425. The molecule has 0 spiro atoms. The van der Waals surface area contributed by atoms with Crippen LogP contribution in [0.1, 0.15) is 36.5 Å². The number of piperazine rings is 1. The van der Waals surface area contributed by atoms with Crippen LogP contribution in [0.2, 0.25) is 0 Å². The van der Waals surface area contributed by atoms with E-state index in [1.807, 2.05) is 19.9 Å². The van der Waals surface area contributed by atoms with Crippen LogP contribution in [-0.4, -0.2) is 54.1 Å². The zero-order chi connectivity index (χ0) is 20.5. The highest BCUT2D eigenvalue weighted by Crippen LogP contribution is 2.26. The minimum Gasteiger partial charge on any atom is -0.354 e. The molecule has 8 heteroatoms. The van der Waals surface area contributed by atoms with E-state index in [0.29, 0.717) is 38.4 Å². The summed E-state index contributed by atoms with van der Waals surface area (Å²) in [6.45, 7) is 9.19. The minimum absolute atomic E-state index is 0.266. The molecule has 1 aliphatic rings. The SMILES string of the molecule is Cc1nc(C)c(Cc2cccc(F)c2)c(N2CCN(S(=O)(=O)C(C)C)CC2)n1. The molecule has 0 saturated carbocycles. The second kappa shape index (κ2) is 8.13. The van der Waals surface area contributed by atoms with Crippen molar-refractivity contribution in [3.05, 3.63) is 52.7 Å². The first-order valence-electron chi connectivity index (χ1n) is 9.51. The first kappa shape index (κ1) is 20.7. The molecule has 28 heavy (non-hydrogen) atoms. The lowest BCUT2D eigenvalue weighted by molar-refractivity contribution is 0.379. The van der Waals surface area contributed by atoms with E-state index in [-0.39, 0.29) is 5.82 Å². The van der Waals surface area contributed by atoms with Crippen LogP contribution >= 0.6 is 0 Å². The van der Waals surface area contributed by atoms with E-state index in [9.17, 15) is 12.8 Å². The number of aryl methyl sites for hydroxylation is 2. The van der Waals surface area contributed by atoms with Gasteiger partial charge in [-0.2, -0.15) is 4.31 Å². The number of halogens is 1. The van der Waals surface area contributed by atoms with Crippen LogP contribution in [0.25, 0.3) is 0 Å². The molecule has 1 fully saturated rings. The summed E-state index contributed by atoms with van der Waals surface area (Å²) in [5.41, 5.74) is 2.68. The third-order valence-corrected chi connectivity index (χ3v) is 7.34. The zero-order valence-electron chi connectivity index (χ0n) is 16.8. The normalized spacial score (nSPS) is 16.0. The van der Waals surface area contributed by atoms with Gasteiger partial charge in [0.2, 0.25) is 10.0 Å². The summed E-state index contributed by atoms with van der Waals surface area (Å²) >= 11 is 0. The molecule has 1 saturated heterocycles. The van der Waals surface area contributed by atoms with Gasteiger partial charge in [0.1, 0.15) is 17.5 Å². The van der Waals surface area contributed by atoms with Gasteiger partial charge < -0.3 is 4.90 Å². The molecule has 0 N–H and O–H groups in total. The summed E-state index contributed by atoms with van der Waals surface area (Å²) in [6.07, 6.45) is 0.531. The molecule has 3 rings (SSSR count). The molecule has 1 aromatic carbocycles. The number of sulfonamides is 1. The first-order chi connectivity index (χ1) is 13.2. The largest absolute Gasteiger partial charge is 0.354 e. The molecule has 0 radical (unpaired) electrons. The Hall–Kier alpha value is -2.06. The maximum Gasteiger partial charge on any atom is 0.216 e. The number of aromatic nitrogens is 2. The van der Waals surface area contributed by atoms with Crippen LogP contribution in [0.4, 0.5) is 10.2 Å². The molecule has 0 amide bonds. The molecular weight excluding hydrogens is 379 g/mol. The van der Waals surface area contributed by atoms with E-state index in [0.717, 1.165) is 22.6 Å². The second-order valence-electron chi connectivity index (χ2n) is 7.44. The molecule has 1 aromatic heterocycles. The monoisotopic (exact) mass is 406 g/mol. The van der Waals surface area contributed by atoms with Gasteiger partial charge >= 0.3 is 0 Å². The Balaban J connectivity index is 1.86. The van der Waals surface area contributed by atoms with Gasteiger partial charge in [-0.1, -0.05) is 12.1 Å². The second-order valence-corrected chi connectivity index (χ2v) is 9.93. The van der Waals surface area contributed by atoms with E-state index >= 15 is 0 Å². The summed E-state index contributed by atoms with van der Waals surface area (Å²) in [4.78, 5) is 11.3. The fraction of sp³-hybridized carbons (Fsp3) is 0.500. The van der Waals surface area contributed by atoms with Crippen molar-refractivity contribution in [3.8, 4) is 0 Å².